The standard InChI is InChI=1S/C14H13ClFNO2S/c15-12-3-7-14(8-4-12)20(18,19)17-10-9-11-1-5-13(16)6-2-11/h1-8,17H,9-10H2. The van der Waals surface area contributed by atoms with E-state index in [1.54, 1.807) is 12.1 Å². The highest BCUT2D eigenvalue weighted by atomic mass is 35.5. The fourth-order valence-corrected chi connectivity index (χ4v) is 2.84. The Morgan fingerprint density at radius 1 is 1.00 bits per heavy atom. The summed E-state index contributed by atoms with van der Waals surface area (Å²) in [6.45, 7) is 0.247. The summed E-state index contributed by atoms with van der Waals surface area (Å²) >= 11 is 5.71. The lowest BCUT2D eigenvalue weighted by atomic mass is 10.1. The van der Waals surface area contributed by atoms with Gasteiger partial charge in [-0.2, -0.15) is 0 Å². The molecule has 2 rings (SSSR count). The summed E-state index contributed by atoms with van der Waals surface area (Å²) in [7, 11) is -3.54. The topological polar surface area (TPSA) is 46.2 Å². The number of halogens is 2. The van der Waals surface area contributed by atoms with Gasteiger partial charge in [0.1, 0.15) is 5.82 Å². The predicted octanol–water partition coefficient (Wildman–Crippen LogP) is 3.00. The molecule has 0 atom stereocenters. The van der Waals surface area contributed by atoms with Crippen LogP contribution in [0.4, 0.5) is 4.39 Å². The van der Waals surface area contributed by atoms with Crippen molar-refractivity contribution in [3.8, 4) is 0 Å². The van der Waals surface area contributed by atoms with Crippen molar-refractivity contribution >= 4 is 21.6 Å². The fraction of sp³-hybridized carbons (Fsp3) is 0.143. The van der Waals surface area contributed by atoms with Gasteiger partial charge in [-0.15, -0.1) is 0 Å². The third-order valence-corrected chi connectivity index (χ3v) is 4.47. The average molecular weight is 314 g/mol. The van der Waals surface area contributed by atoms with Crippen LogP contribution in [0.2, 0.25) is 5.02 Å². The number of benzene rings is 2. The Kier molecular flexibility index (Phi) is 4.75. The zero-order valence-electron chi connectivity index (χ0n) is 10.5. The molecule has 0 aromatic heterocycles. The van der Waals surface area contributed by atoms with E-state index in [1.165, 1.54) is 36.4 Å². The van der Waals surface area contributed by atoms with Crippen molar-refractivity contribution in [1.29, 1.82) is 0 Å². The van der Waals surface area contributed by atoms with E-state index in [4.69, 9.17) is 11.6 Å². The number of hydrogen-bond donors (Lipinski definition) is 1. The van der Waals surface area contributed by atoms with Crippen LogP contribution in [0.1, 0.15) is 5.56 Å². The Bertz CT molecular complexity index is 669. The van der Waals surface area contributed by atoms with Gasteiger partial charge >= 0.3 is 0 Å². The molecule has 0 radical (unpaired) electrons. The van der Waals surface area contributed by atoms with E-state index in [9.17, 15) is 12.8 Å². The second-order valence-corrected chi connectivity index (χ2v) is 6.43. The molecule has 0 saturated heterocycles. The van der Waals surface area contributed by atoms with Gasteiger partial charge in [-0.05, 0) is 48.4 Å². The van der Waals surface area contributed by atoms with Crippen LogP contribution in [0.25, 0.3) is 0 Å². The molecule has 106 valence electrons. The summed E-state index contributed by atoms with van der Waals surface area (Å²) in [5.74, 6) is -0.310. The molecule has 20 heavy (non-hydrogen) atoms. The minimum atomic E-state index is -3.54. The zero-order valence-corrected chi connectivity index (χ0v) is 12.1. The molecule has 2 aromatic carbocycles. The van der Waals surface area contributed by atoms with Crippen LogP contribution in [-0.4, -0.2) is 15.0 Å². The van der Waals surface area contributed by atoms with Crippen molar-refractivity contribution < 1.29 is 12.8 Å². The van der Waals surface area contributed by atoms with E-state index in [2.05, 4.69) is 4.72 Å². The minimum Gasteiger partial charge on any atom is -0.211 e. The zero-order chi connectivity index (χ0) is 14.6. The molecule has 0 bridgehead atoms. The maximum Gasteiger partial charge on any atom is 0.240 e. The normalized spacial score (nSPS) is 11.5. The summed E-state index contributed by atoms with van der Waals surface area (Å²) in [5, 5.41) is 0.482. The Hall–Kier alpha value is -1.43. The smallest absolute Gasteiger partial charge is 0.211 e. The van der Waals surface area contributed by atoms with Crippen molar-refractivity contribution in [2.75, 3.05) is 6.54 Å². The third-order valence-electron chi connectivity index (χ3n) is 2.74. The van der Waals surface area contributed by atoms with E-state index in [0.29, 0.717) is 11.4 Å². The van der Waals surface area contributed by atoms with Gasteiger partial charge in [0.2, 0.25) is 10.0 Å². The molecule has 2 aromatic rings. The van der Waals surface area contributed by atoms with Gasteiger partial charge in [-0.3, -0.25) is 0 Å². The van der Waals surface area contributed by atoms with Crippen molar-refractivity contribution in [3.05, 3.63) is 64.9 Å². The van der Waals surface area contributed by atoms with Crippen LogP contribution in [-0.2, 0) is 16.4 Å². The van der Waals surface area contributed by atoms with Gasteiger partial charge in [0.25, 0.3) is 0 Å². The highest BCUT2D eigenvalue weighted by Gasteiger charge is 2.12. The maximum absolute atomic E-state index is 12.7. The van der Waals surface area contributed by atoms with Crippen molar-refractivity contribution in [3.63, 3.8) is 0 Å². The van der Waals surface area contributed by atoms with Crippen LogP contribution < -0.4 is 4.72 Å². The van der Waals surface area contributed by atoms with E-state index in [1.807, 2.05) is 0 Å². The van der Waals surface area contributed by atoms with Crippen molar-refractivity contribution in [1.82, 2.24) is 4.72 Å². The van der Waals surface area contributed by atoms with Gasteiger partial charge in [0, 0.05) is 11.6 Å². The van der Waals surface area contributed by atoms with E-state index < -0.39 is 10.0 Å². The molecule has 0 amide bonds. The second-order valence-electron chi connectivity index (χ2n) is 4.23. The first-order chi connectivity index (χ1) is 9.47. The minimum absolute atomic E-state index is 0.168. The molecule has 0 unspecified atom stereocenters. The summed E-state index contributed by atoms with van der Waals surface area (Å²) < 4.78 is 39.2. The number of rotatable bonds is 5. The van der Waals surface area contributed by atoms with Crippen LogP contribution >= 0.6 is 11.6 Å². The molecule has 0 fully saturated rings. The van der Waals surface area contributed by atoms with Gasteiger partial charge in [0.15, 0.2) is 0 Å². The molecular formula is C14H13ClFNO2S. The summed E-state index contributed by atoms with van der Waals surface area (Å²) in [6.07, 6.45) is 0.493. The average Bonchev–Trinajstić information content (AvgIpc) is 2.41. The van der Waals surface area contributed by atoms with Crippen LogP contribution in [0.3, 0.4) is 0 Å². The summed E-state index contributed by atoms with van der Waals surface area (Å²) in [4.78, 5) is 0.168. The monoisotopic (exact) mass is 313 g/mol. The lowest BCUT2D eigenvalue weighted by Gasteiger charge is -2.07. The predicted molar refractivity (Wildman–Crippen MR) is 76.7 cm³/mol. The molecule has 0 aliphatic heterocycles. The highest BCUT2D eigenvalue weighted by Crippen LogP contribution is 2.13. The summed E-state index contributed by atoms with van der Waals surface area (Å²) in [5.41, 5.74) is 0.866. The van der Waals surface area contributed by atoms with Crippen LogP contribution in [0, 0.1) is 5.82 Å². The Labute approximate surface area is 122 Å². The summed E-state index contributed by atoms with van der Waals surface area (Å²) in [6, 6.07) is 11.9. The lowest BCUT2D eigenvalue weighted by Crippen LogP contribution is -2.25. The SMILES string of the molecule is O=S(=O)(NCCc1ccc(F)cc1)c1ccc(Cl)cc1. The maximum atomic E-state index is 12.7. The fourth-order valence-electron chi connectivity index (χ4n) is 1.68. The Morgan fingerprint density at radius 3 is 2.20 bits per heavy atom. The highest BCUT2D eigenvalue weighted by molar-refractivity contribution is 7.89. The molecule has 1 N–H and O–H groups in total. The Balaban J connectivity index is 1.96. The van der Waals surface area contributed by atoms with Gasteiger partial charge < -0.3 is 0 Å². The van der Waals surface area contributed by atoms with E-state index in [0.717, 1.165) is 5.56 Å². The van der Waals surface area contributed by atoms with Crippen molar-refractivity contribution in [2.24, 2.45) is 0 Å². The number of hydrogen-bond acceptors (Lipinski definition) is 2. The molecular weight excluding hydrogens is 301 g/mol. The molecule has 0 heterocycles. The first-order valence-electron chi connectivity index (χ1n) is 5.97. The molecule has 0 saturated carbocycles. The number of sulfonamides is 1. The van der Waals surface area contributed by atoms with E-state index in [-0.39, 0.29) is 17.3 Å². The van der Waals surface area contributed by atoms with E-state index >= 15 is 0 Å². The third kappa shape index (κ3) is 4.03. The van der Waals surface area contributed by atoms with Gasteiger partial charge in [-0.25, -0.2) is 17.5 Å². The molecule has 3 nitrogen and oxygen atoms in total. The first-order valence-corrected chi connectivity index (χ1v) is 7.83. The lowest BCUT2D eigenvalue weighted by molar-refractivity contribution is 0.581. The number of nitrogens with one attached hydrogen (secondary N) is 1. The molecule has 0 aliphatic carbocycles. The first kappa shape index (κ1) is 15.0. The van der Waals surface area contributed by atoms with Gasteiger partial charge in [-0.1, -0.05) is 23.7 Å². The van der Waals surface area contributed by atoms with Crippen molar-refractivity contribution in [2.45, 2.75) is 11.3 Å². The molecule has 0 spiro atoms. The Morgan fingerprint density at radius 2 is 1.60 bits per heavy atom. The van der Waals surface area contributed by atoms with Gasteiger partial charge in [0.05, 0.1) is 4.90 Å². The molecule has 6 heteroatoms. The van der Waals surface area contributed by atoms with Crippen LogP contribution in [0.15, 0.2) is 53.4 Å². The molecule has 0 aliphatic rings. The second kappa shape index (κ2) is 6.35. The van der Waals surface area contributed by atoms with Crippen LogP contribution in [0.5, 0.6) is 0 Å². The largest absolute Gasteiger partial charge is 0.240 e. The quantitative estimate of drug-likeness (QED) is 0.922.